The van der Waals surface area contributed by atoms with Crippen molar-refractivity contribution in [1.82, 2.24) is 0 Å². The van der Waals surface area contributed by atoms with Crippen LogP contribution in [0.15, 0.2) is 4.99 Å². The van der Waals surface area contributed by atoms with Crippen molar-refractivity contribution in [2.75, 3.05) is 13.7 Å². The summed E-state index contributed by atoms with van der Waals surface area (Å²) in [4.78, 5) is 3.48. The molecular weight excluding hydrogens is 101 g/mol. The van der Waals surface area contributed by atoms with Gasteiger partial charge in [-0.3, -0.25) is 4.99 Å². The Labute approximate surface area is 43.3 Å². The van der Waals surface area contributed by atoms with E-state index in [1.165, 1.54) is 6.21 Å². The van der Waals surface area contributed by atoms with Crippen molar-refractivity contribution < 1.29 is 5.11 Å². The van der Waals surface area contributed by atoms with Gasteiger partial charge in [-0.05, 0) is 0 Å². The summed E-state index contributed by atoms with van der Waals surface area (Å²) < 4.78 is 0. The molecule has 0 heterocycles. The van der Waals surface area contributed by atoms with Crippen molar-refractivity contribution in [2.24, 2.45) is 4.99 Å². The molecule has 6 heavy (non-hydrogen) atoms. The SMILES string of the molecule is CN=CCO.Cl. The lowest BCUT2D eigenvalue weighted by molar-refractivity contribution is 0.361. The van der Waals surface area contributed by atoms with E-state index in [1.54, 1.807) is 7.05 Å². The molecule has 0 unspecified atom stereocenters. The number of aliphatic hydroxyl groups is 1. The van der Waals surface area contributed by atoms with Gasteiger partial charge in [0.25, 0.3) is 0 Å². The van der Waals surface area contributed by atoms with Gasteiger partial charge in [0.1, 0.15) is 0 Å². The van der Waals surface area contributed by atoms with Crippen molar-refractivity contribution in [3.63, 3.8) is 0 Å². The van der Waals surface area contributed by atoms with E-state index in [0.717, 1.165) is 0 Å². The highest BCUT2D eigenvalue weighted by molar-refractivity contribution is 5.85. The lowest BCUT2D eigenvalue weighted by atomic mass is 10.8. The molecule has 38 valence electrons. The Morgan fingerprint density at radius 3 is 2.33 bits per heavy atom. The van der Waals surface area contributed by atoms with Crippen molar-refractivity contribution in [3.05, 3.63) is 0 Å². The number of hydrogen-bond donors (Lipinski definition) is 1. The van der Waals surface area contributed by atoms with Crippen LogP contribution in [0.25, 0.3) is 0 Å². The summed E-state index contributed by atoms with van der Waals surface area (Å²) in [6.07, 6.45) is 1.43. The molecule has 1 N–H and O–H groups in total. The number of hydrogen-bond acceptors (Lipinski definition) is 2. The quantitative estimate of drug-likeness (QED) is 0.476. The molecule has 0 fully saturated rings. The van der Waals surface area contributed by atoms with E-state index < -0.39 is 0 Å². The second kappa shape index (κ2) is 8.87. The molecule has 0 aromatic carbocycles. The predicted octanol–water partition coefficient (Wildman–Crippen LogP) is 0.101. The van der Waals surface area contributed by atoms with Crippen LogP contribution >= 0.6 is 12.4 Å². The number of rotatable bonds is 1. The van der Waals surface area contributed by atoms with Crippen LogP contribution in [-0.4, -0.2) is 25.0 Å². The van der Waals surface area contributed by atoms with Crippen LogP contribution in [0.2, 0.25) is 0 Å². The summed E-state index contributed by atoms with van der Waals surface area (Å²) in [7, 11) is 1.62. The molecule has 0 aliphatic rings. The minimum atomic E-state index is 0. The normalized spacial score (nSPS) is 8.33. The maximum atomic E-state index is 7.92. The van der Waals surface area contributed by atoms with Crippen molar-refractivity contribution >= 4 is 18.6 Å². The monoisotopic (exact) mass is 109 g/mol. The summed E-state index contributed by atoms with van der Waals surface area (Å²) in [6, 6.07) is 0. The van der Waals surface area contributed by atoms with Crippen LogP contribution in [-0.2, 0) is 0 Å². The Kier molecular flexibility index (Phi) is 13.8. The zero-order valence-corrected chi connectivity index (χ0v) is 4.40. The third-order valence-electron chi connectivity index (χ3n) is 0.264. The van der Waals surface area contributed by atoms with E-state index in [2.05, 4.69) is 4.99 Å². The highest BCUT2D eigenvalue weighted by atomic mass is 35.5. The van der Waals surface area contributed by atoms with Gasteiger partial charge in [0, 0.05) is 13.3 Å². The summed E-state index contributed by atoms with van der Waals surface area (Å²) in [5.74, 6) is 0. The second-order valence-electron chi connectivity index (χ2n) is 0.623. The maximum Gasteiger partial charge on any atom is 0.0779 e. The van der Waals surface area contributed by atoms with Crippen LogP contribution in [0.4, 0.5) is 0 Å². The zero-order valence-electron chi connectivity index (χ0n) is 3.59. The standard InChI is InChI=1S/C3H7NO.ClH/c1-4-2-3-5;/h2,5H,3H2,1H3;1H. The molecular formula is C3H8ClNO. The molecule has 0 aromatic heterocycles. The van der Waals surface area contributed by atoms with Gasteiger partial charge in [-0.25, -0.2) is 0 Å². The summed E-state index contributed by atoms with van der Waals surface area (Å²) in [6.45, 7) is 0.0521. The van der Waals surface area contributed by atoms with Crippen LogP contribution in [0.5, 0.6) is 0 Å². The third kappa shape index (κ3) is 9.07. The molecule has 0 rings (SSSR count). The fourth-order valence-electron chi connectivity index (χ4n) is 0.0816. The Bertz CT molecular complexity index is 37.8. The molecule has 0 saturated heterocycles. The Hall–Kier alpha value is -0.0800. The summed E-state index contributed by atoms with van der Waals surface area (Å²) in [5, 5.41) is 7.92. The highest BCUT2D eigenvalue weighted by Gasteiger charge is 1.53. The fraction of sp³-hybridized carbons (Fsp3) is 0.667. The van der Waals surface area contributed by atoms with Gasteiger partial charge >= 0.3 is 0 Å². The van der Waals surface area contributed by atoms with Gasteiger partial charge < -0.3 is 5.11 Å². The Morgan fingerprint density at radius 2 is 2.33 bits per heavy atom. The molecule has 0 aliphatic heterocycles. The predicted molar refractivity (Wildman–Crippen MR) is 28.7 cm³/mol. The smallest absolute Gasteiger partial charge is 0.0779 e. The molecule has 0 aliphatic carbocycles. The van der Waals surface area contributed by atoms with Gasteiger partial charge in [-0.1, -0.05) is 0 Å². The maximum absolute atomic E-state index is 7.92. The molecule has 0 amide bonds. The Morgan fingerprint density at radius 1 is 1.83 bits per heavy atom. The van der Waals surface area contributed by atoms with E-state index in [-0.39, 0.29) is 19.0 Å². The molecule has 0 saturated carbocycles. The first kappa shape index (κ1) is 9.33. The average molecular weight is 110 g/mol. The molecule has 0 spiro atoms. The summed E-state index contributed by atoms with van der Waals surface area (Å²) >= 11 is 0. The lowest BCUT2D eigenvalue weighted by Crippen LogP contribution is -1.77. The van der Waals surface area contributed by atoms with E-state index in [4.69, 9.17) is 5.11 Å². The van der Waals surface area contributed by atoms with Crippen molar-refractivity contribution in [1.29, 1.82) is 0 Å². The van der Waals surface area contributed by atoms with Crippen molar-refractivity contribution in [2.45, 2.75) is 0 Å². The van der Waals surface area contributed by atoms with Crippen LogP contribution in [0.1, 0.15) is 0 Å². The van der Waals surface area contributed by atoms with Gasteiger partial charge in [0.05, 0.1) is 6.61 Å². The number of aliphatic imine (C=N–C) groups is 1. The first-order valence-electron chi connectivity index (χ1n) is 1.43. The van der Waals surface area contributed by atoms with E-state index in [9.17, 15) is 0 Å². The minimum absolute atomic E-state index is 0. The lowest BCUT2D eigenvalue weighted by Gasteiger charge is -1.66. The molecule has 0 radical (unpaired) electrons. The van der Waals surface area contributed by atoms with E-state index >= 15 is 0 Å². The van der Waals surface area contributed by atoms with Crippen molar-refractivity contribution in [3.8, 4) is 0 Å². The number of halogens is 1. The first-order chi connectivity index (χ1) is 2.41. The van der Waals surface area contributed by atoms with Crippen LogP contribution in [0, 0.1) is 0 Å². The topological polar surface area (TPSA) is 32.6 Å². The van der Waals surface area contributed by atoms with E-state index in [1.807, 2.05) is 0 Å². The fourth-order valence-corrected chi connectivity index (χ4v) is 0.0816. The van der Waals surface area contributed by atoms with Gasteiger partial charge in [0.15, 0.2) is 0 Å². The number of nitrogens with zero attached hydrogens (tertiary/aromatic N) is 1. The average Bonchev–Trinajstić information content (AvgIpc) is 1.41. The molecule has 0 aromatic rings. The third-order valence-corrected chi connectivity index (χ3v) is 0.264. The van der Waals surface area contributed by atoms with Gasteiger partial charge in [-0.2, -0.15) is 0 Å². The summed E-state index contributed by atoms with van der Waals surface area (Å²) in [5.41, 5.74) is 0. The molecule has 0 atom stereocenters. The van der Waals surface area contributed by atoms with Crippen LogP contribution in [0.3, 0.4) is 0 Å². The van der Waals surface area contributed by atoms with Gasteiger partial charge in [-0.15, -0.1) is 12.4 Å². The molecule has 0 bridgehead atoms. The molecule has 3 heteroatoms. The van der Waals surface area contributed by atoms with Gasteiger partial charge in [0.2, 0.25) is 0 Å². The minimum Gasteiger partial charge on any atom is -0.391 e. The Balaban J connectivity index is 0. The second-order valence-corrected chi connectivity index (χ2v) is 0.623. The highest BCUT2D eigenvalue weighted by Crippen LogP contribution is 1.44. The number of aliphatic hydroxyl groups excluding tert-OH is 1. The van der Waals surface area contributed by atoms with Crippen LogP contribution < -0.4 is 0 Å². The molecule has 2 nitrogen and oxygen atoms in total. The largest absolute Gasteiger partial charge is 0.391 e. The first-order valence-corrected chi connectivity index (χ1v) is 1.43. The zero-order chi connectivity index (χ0) is 4.12. The van der Waals surface area contributed by atoms with E-state index in [0.29, 0.717) is 0 Å².